The van der Waals surface area contributed by atoms with Crippen LogP contribution in [0.4, 0.5) is 0 Å². The minimum atomic E-state index is 0.250. The predicted molar refractivity (Wildman–Crippen MR) is 47.3 cm³/mol. The van der Waals surface area contributed by atoms with E-state index in [-0.39, 0.29) is 6.42 Å². The minimum Gasteiger partial charge on any atom is -0.328 e. The Hall–Kier alpha value is -2.18. The summed E-state index contributed by atoms with van der Waals surface area (Å²) in [5.41, 5.74) is 1.22. The Morgan fingerprint density at radius 3 is 2.77 bits per heavy atom. The van der Waals surface area contributed by atoms with Crippen LogP contribution in [-0.4, -0.2) is 4.57 Å². The molecule has 0 radical (unpaired) electrons. The molecule has 0 amide bonds. The van der Waals surface area contributed by atoms with Gasteiger partial charge in [-0.3, -0.25) is 0 Å². The fraction of sp³-hybridized carbons (Fsp3) is 0.200. The molecule has 62 valence electrons. The lowest BCUT2D eigenvalue weighted by Gasteiger charge is -1.97. The smallest absolute Gasteiger partial charge is 0.125 e. The van der Waals surface area contributed by atoms with E-state index in [1.54, 1.807) is 16.8 Å². The summed E-state index contributed by atoms with van der Waals surface area (Å²) < 4.78 is 1.66. The number of rotatable bonds is 2. The van der Waals surface area contributed by atoms with Crippen LogP contribution >= 0.6 is 0 Å². The van der Waals surface area contributed by atoms with Crippen LogP contribution in [0.5, 0.6) is 0 Å². The molecule has 0 N–H and O–H groups in total. The minimum absolute atomic E-state index is 0.250. The maximum Gasteiger partial charge on any atom is 0.125 e. The Morgan fingerprint density at radius 2 is 2.23 bits per heavy atom. The van der Waals surface area contributed by atoms with Crippen molar-refractivity contribution in [1.82, 2.24) is 4.57 Å². The standard InChI is InChI=1S/C10H7N3/c1-2-6-13-7-4-9(3-5-11)10(13)8-12/h1,4,7H,3,6H2. The van der Waals surface area contributed by atoms with Crippen LogP contribution in [0.2, 0.25) is 0 Å². The van der Waals surface area contributed by atoms with Crippen molar-refractivity contribution < 1.29 is 0 Å². The Balaban J connectivity index is 3.08. The second kappa shape index (κ2) is 4.00. The van der Waals surface area contributed by atoms with Crippen LogP contribution in [0.25, 0.3) is 0 Å². The van der Waals surface area contributed by atoms with Crippen molar-refractivity contribution in [3.05, 3.63) is 23.5 Å². The Morgan fingerprint density at radius 1 is 1.46 bits per heavy atom. The molecular weight excluding hydrogens is 162 g/mol. The third-order valence-electron chi connectivity index (χ3n) is 1.68. The van der Waals surface area contributed by atoms with Crippen molar-refractivity contribution in [2.45, 2.75) is 13.0 Å². The molecule has 13 heavy (non-hydrogen) atoms. The number of terminal acetylenes is 1. The van der Waals surface area contributed by atoms with Gasteiger partial charge in [0.15, 0.2) is 0 Å². The molecule has 0 fully saturated rings. The zero-order valence-electron chi connectivity index (χ0n) is 6.99. The van der Waals surface area contributed by atoms with Crippen molar-refractivity contribution >= 4 is 0 Å². The van der Waals surface area contributed by atoms with Gasteiger partial charge in [0.05, 0.1) is 19.0 Å². The summed E-state index contributed by atoms with van der Waals surface area (Å²) in [6.45, 7) is 0.369. The molecule has 0 aliphatic rings. The van der Waals surface area contributed by atoms with Gasteiger partial charge in [-0.1, -0.05) is 5.92 Å². The number of aromatic nitrogens is 1. The summed E-state index contributed by atoms with van der Waals surface area (Å²) >= 11 is 0. The number of nitriles is 2. The average molecular weight is 169 g/mol. The van der Waals surface area contributed by atoms with Crippen molar-refractivity contribution in [3.63, 3.8) is 0 Å². The molecule has 0 unspecified atom stereocenters. The molecule has 0 saturated heterocycles. The van der Waals surface area contributed by atoms with Crippen molar-refractivity contribution in [3.8, 4) is 24.5 Å². The van der Waals surface area contributed by atoms with Crippen LogP contribution in [-0.2, 0) is 13.0 Å². The summed E-state index contributed by atoms with van der Waals surface area (Å²) in [6, 6.07) is 5.78. The largest absolute Gasteiger partial charge is 0.328 e. The molecule has 0 aromatic carbocycles. The van der Waals surface area contributed by atoms with E-state index in [0.717, 1.165) is 5.56 Å². The quantitative estimate of drug-likeness (QED) is 0.621. The van der Waals surface area contributed by atoms with Gasteiger partial charge in [0.1, 0.15) is 11.8 Å². The molecule has 3 nitrogen and oxygen atoms in total. The molecule has 1 rings (SSSR count). The predicted octanol–water partition coefficient (Wildman–Crippen LogP) is 1.06. The maximum atomic E-state index is 8.79. The first kappa shape index (κ1) is 8.91. The molecule has 0 atom stereocenters. The van der Waals surface area contributed by atoms with Crippen LogP contribution in [0, 0.1) is 35.0 Å². The average Bonchev–Trinajstić information content (AvgIpc) is 2.49. The van der Waals surface area contributed by atoms with Crippen LogP contribution in [0.1, 0.15) is 11.3 Å². The molecular formula is C10H7N3. The van der Waals surface area contributed by atoms with E-state index >= 15 is 0 Å². The van der Waals surface area contributed by atoms with E-state index < -0.39 is 0 Å². The molecule has 1 heterocycles. The van der Waals surface area contributed by atoms with Gasteiger partial charge in [0, 0.05) is 11.8 Å². The first-order chi connectivity index (χ1) is 6.33. The monoisotopic (exact) mass is 169 g/mol. The first-order valence-electron chi connectivity index (χ1n) is 3.72. The van der Waals surface area contributed by atoms with E-state index in [4.69, 9.17) is 16.9 Å². The third-order valence-corrected chi connectivity index (χ3v) is 1.68. The zero-order chi connectivity index (χ0) is 9.68. The molecule has 0 spiro atoms. The Labute approximate surface area is 76.8 Å². The van der Waals surface area contributed by atoms with Gasteiger partial charge in [-0.05, 0) is 6.07 Å². The second-order valence-corrected chi connectivity index (χ2v) is 2.47. The molecule has 0 aliphatic carbocycles. The van der Waals surface area contributed by atoms with E-state index in [0.29, 0.717) is 12.2 Å². The maximum absolute atomic E-state index is 8.79. The van der Waals surface area contributed by atoms with Crippen LogP contribution < -0.4 is 0 Å². The van der Waals surface area contributed by atoms with Crippen LogP contribution in [0.15, 0.2) is 12.3 Å². The van der Waals surface area contributed by atoms with Crippen molar-refractivity contribution in [2.75, 3.05) is 0 Å². The second-order valence-electron chi connectivity index (χ2n) is 2.47. The fourth-order valence-electron chi connectivity index (χ4n) is 1.11. The number of nitrogens with zero attached hydrogens (tertiary/aromatic N) is 3. The number of hydrogen-bond acceptors (Lipinski definition) is 2. The highest BCUT2D eigenvalue weighted by Gasteiger charge is 2.06. The molecule has 3 heteroatoms. The Bertz CT molecular complexity index is 387. The van der Waals surface area contributed by atoms with Gasteiger partial charge in [-0.25, -0.2) is 0 Å². The van der Waals surface area contributed by atoms with Gasteiger partial charge >= 0.3 is 0 Å². The van der Waals surface area contributed by atoms with Gasteiger partial charge in [0.2, 0.25) is 0 Å². The van der Waals surface area contributed by atoms with Gasteiger partial charge in [-0.2, -0.15) is 10.5 Å². The highest BCUT2D eigenvalue weighted by molar-refractivity contribution is 5.35. The molecule has 1 aromatic rings. The summed E-state index contributed by atoms with van der Waals surface area (Å²) in [6.07, 6.45) is 7.10. The molecule has 0 saturated carbocycles. The van der Waals surface area contributed by atoms with Crippen molar-refractivity contribution in [2.24, 2.45) is 0 Å². The molecule has 1 aromatic heterocycles. The first-order valence-corrected chi connectivity index (χ1v) is 3.72. The van der Waals surface area contributed by atoms with Gasteiger partial charge < -0.3 is 4.57 Å². The summed E-state index contributed by atoms with van der Waals surface area (Å²) in [5, 5.41) is 17.3. The van der Waals surface area contributed by atoms with Gasteiger partial charge in [0.25, 0.3) is 0 Å². The highest BCUT2D eigenvalue weighted by Crippen LogP contribution is 2.10. The summed E-state index contributed by atoms with van der Waals surface area (Å²) in [7, 11) is 0. The lowest BCUT2D eigenvalue weighted by molar-refractivity contribution is 0.831. The SMILES string of the molecule is C#CCn1ccc(CC#N)c1C#N. The Kier molecular flexibility index (Phi) is 2.74. The lowest BCUT2D eigenvalue weighted by Crippen LogP contribution is -1.98. The topological polar surface area (TPSA) is 52.5 Å². The van der Waals surface area contributed by atoms with E-state index in [1.807, 2.05) is 12.1 Å². The molecule has 0 aliphatic heterocycles. The van der Waals surface area contributed by atoms with Crippen LogP contribution in [0.3, 0.4) is 0 Å². The van der Waals surface area contributed by atoms with E-state index in [9.17, 15) is 0 Å². The highest BCUT2D eigenvalue weighted by atomic mass is 15.0. The molecule has 0 bridgehead atoms. The lowest BCUT2D eigenvalue weighted by atomic mass is 10.2. The zero-order valence-corrected chi connectivity index (χ0v) is 6.99. The van der Waals surface area contributed by atoms with Gasteiger partial charge in [-0.15, -0.1) is 6.42 Å². The van der Waals surface area contributed by atoms with E-state index in [2.05, 4.69) is 5.92 Å². The fourth-order valence-corrected chi connectivity index (χ4v) is 1.11. The third kappa shape index (κ3) is 1.70. The van der Waals surface area contributed by atoms with Crippen molar-refractivity contribution in [1.29, 1.82) is 10.5 Å². The van der Waals surface area contributed by atoms with E-state index in [1.165, 1.54) is 0 Å². The normalized spacial score (nSPS) is 8.38. The summed E-state index contributed by atoms with van der Waals surface area (Å²) in [5.74, 6) is 2.44. The number of hydrogen-bond donors (Lipinski definition) is 0. The summed E-state index contributed by atoms with van der Waals surface area (Å²) in [4.78, 5) is 0.